The van der Waals surface area contributed by atoms with Gasteiger partial charge in [-0.05, 0) is 18.8 Å². The molecule has 3 N–H and O–H groups in total. The summed E-state index contributed by atoms with van der Waals surface area (Å²) in [6.07, 6.45) is 1.04. The third-order valence-electron chi connectivity index (χ3n) is 2.52. The fourth-order valence-corrected chi connectivity index (χ4v) is 1.79. The van der Waals surface area contributed by atoms with Crippen LogP contribution in [0.15, 0.2) is 0 Å². The van der Waals surface area contributed by atoms with Crippen molar-refractivity contribution >= 4 is 18.3 Å². The standard InChI is InChI=1S/C10H20N2O2.ClH/c1-7(2)5-9(11)10(14)12-4-3-8(13)6-12;/h7-9,13H,3-6,11H2,1-2H3;1H/t8-,9+;/m1./s1. The van der Waals surface area contributed by atoms with Crippen LogP contribution in [0.2, 0.25) is 0 Å². The Hall–Kier alpha value is -0.320. The molecule has 0 bridgehead atoms. The Balaban J connectivity index is 0.00000196. The molecule has 1 aliphatic rings. The van der Waals surface area contributed by atoms with Crippen molar-refractivity contribution in [3.63, 3.8) is 0 Å². The van der Waals surface area contributed by atoms with Crippen molar-refractivity contribution in [1.82, 2.24) is 4.90 Å². The van der Waals surface area contributed by atoms with Crippen molar-refractivity contribution in [2.75, 3.05) is 13.1 Å². The van der Waals surface area contributed by atoms with Gasteiger partial charge < -0.3 is 15.7 Å². The van der Waals surface area contributed by atoms with Crippen LogP contribution >= 0.6 is 12.4 Å². The predicted octanol–water partition coefficient (Wildman–Crippen LogP) is 0.375. The molecule has 0 aromatic rings. The number of nitrogens with zero attached hydrogens (tertiary/aromatic N) is 1. The first-order chi connectivity index (χ1) is 6.50. The highest BCUT2D eigenvalue weighted by atomic mass is 35.5. The normalized spacial score (nSPS) is 22.7. The first-order valence-electron chi connectivity index (χ1n) is 5.23. The smallest absolute Gasteiger partial charge is 0.239 e. The molecule has 0 aromatic carbocycles. The minimum absolute atomic E-state index is 0. The van der Waals surface area contributed by atoms with Crippen molar-refractivity contribution in [3.8, 4) is 0 Å². The fraction of sp³-hybridized carbons (Fsp3) is 0.900. The Morgan fingerprint density at radius 3 is 2.60 bits per heavy atom. The number of β-amino-alcohol motifs (C(OH)–C–C–N with tert-alkyl or cyclic N) is 1. The number of nitrogens with two attached hydrogens (primary N) is 1. The molecule has 1 saturated heterocycles. The van der Waals surface area contributed by atoms with Gasteiger partial charge in [-0.1, -0.05) is 13.8 Å². The van der Waals surface area contributed by atoms with Gasteiger partial charge in [0.2, 0.25) is 5.91 Å². The van der Waals surface area contributed by atoms with Crippen LogP contribution < -0.4 is 5.73 Å². The highest BCUT2D eigenvalue weighted by molar-refractivity contribution is 5.85. The van der Waals surface area contributed by atoms with Crippen molar-refractivity contribution in [3.05, 3.63) is 0 Å². The highest BCUT2D eigenvalue weighted by Gasteiger charge is 2.28. The Labute approximate surface area is 97.2 Å². The van der Waals surface area contributed by atoms with E-state index in [-0.39, 0.29) is 24.4 Å². The number of likely N-dealkylation sites (tertiary alicyclic amines) is 1. The van der Waals surface area contributed by atoms with Gasteiger partial charge in [0.05, 0.1) is 12.1 Å². The van der Waals surface area contributed by atoms with Gasteiger partial charge in [0.25, 0.3) is 0 Å². The maximum Gasteiger partial charge on any atom is 0.239 e. The number of aliphatic hydroxyl groups is 1. The van der Waals surface area contributed by atoms with Gasteiger partial charge in [0.1, 0.15) is 0 Å². The van der Waals surface area contributed by atoms with Crippen molar-refractivity contribution in [2.24, 2.45) is 11.7 Å². The monoisotopic (exact) mass is 236 g/mol. The summed E-state index contributed by atoms with van der Waals surface area (Å²) in [4.78, 5) is 13.4. The van der Waals surface area contributed by atoms with Crippen LogP contribution in [-0.4, -0.2) is 41.1 Å². The molecule has 2 atom stereocenters. The zero-order valence-corrected chi connectivity index (χ0v) is 10.2. The van der Waals surface area contributed by atoms with Crippen LogP contribution in [-0.2, 0) is 4.79 Å². The number of amides is 1. The van der Waals surface area contributed by atoms with E-state index < -0.39 is 6.04 Å². The summed E-state index contributed by atoms with van der Waals surface area (Å²) in [6, 6.07) is -0.403. The SMILES string of the molecule is CC(C)C[C@H](N)C(=O)N1CC[C@@H](O)C1.Cl. The molecule has 0 radical (unpaired) electrons. The molecule has 4 nitrogen and oxygen atoms in total. The summed E-state index contributed by atoms with van der Waals surface area (Å²) in [5.74, 6) is 0.414. The highest BCUT2D eigenvalue weighted by Crippen LogP contribution is 2.12. The third-order valence-corrected chi connectivity index (χ3v) is 2.52. The average molecular weight is 237 g/mol. The molecule has 1 heterocycles. The molecule has 15 heavy (non-hydrogen) atoms. The van der Waals surface area contributed by atoms with Gasteiger partial charge in [-0.15, -0.1) is 12.4 Å². The molecule has 90 valence electrons. The van der Waals surface area contributed by atoms with Crippen LogP contribution in [0.5, 0.6) is 0 Å². The van der Waals surface area contributed by atoms with Crippen LogP contribution in [0.25, 0.3) is 0 Å². The summed E-state index contributed by atoms with van der Waals surface area (Å²) in [7, 11) is 0. The molecule has 1 rings (SSSR count). The van der Waals surface area contributed by atoms with Gasteiger partial charge >= 0.3 is 0 Å². The lowest BCUT2D eigenvalue weighted by Crippen LogP contribution is -2.43. The van der Waals surface area contributed by atoms with Crippen molar-refractivity contribution in [2.45, 2.75) is 38.8 Å². The summed E-state index contributed by atoms with van der Waals surface area (Å²) >= 11 is 0. The number of rotatable bonds is 3. The number of halogens is 1. The second kappa shape index (κ2) is 6.30. The van der Waals surface area contributed by atoms with Gasteiger partial charge in [-0.25, -0.2) is 0 Å². The summed E-state index contributed by atoms with van der Waals surface area (Å²) in [5, 5.41) is 9.28. The molecule has 1 aliphatic heterocycles. The van der Waals surface area contributed by atoms with Gasteiger partial charge in [-0.2, -0.15) is 0 Å². The molecule has 0 unspecified atom stereocenters. The molecule has 1 amide bonds. The van der Waals surface area contributed by atoms with Crippen LogP contribution in [0, 0.1) is 5.92 Å². The lowest BCUT2D eigenvalue weighted by Gasteiger charge is -2.21. The second-order valence-corrected chi connectivity index (χ2v) is 4.46. The van der Waals surface area contributed by atoms with E-state index in [1.807, 2.05) is 13.8 Å². The van der Waals surface area contributed by atoms with Crippen molar-refractivity contribution < 1.29 is 9.90 Å². The maximum atomic E-state index is 11.7. The van der Waals surface area contributed by atoms with Crippen LogP contribution in [0.4, 0.5) is 0 Å². The maximum absolute atomic E-state index is 11.7. The first-order valence-corrected chi connectivity index (χ1v) is 5.23. The van der Waals surface area contributed by atoms with Crippen LogP contribution in [0.3, 0.4) is 0 Å². The lowest BCUT2D eigenvalue weighted by molar-refractivity contribution is -0.132. The number of carbonyl (C=O) groups is 1. The van der Waals surface area contributed by atoms with Crippen LogP contribution in [0.1, 0.15) is 26.7 Å². The summed E-state index contributed by atoms with van der Waals surface area (Å²) < 4.78 is 0. The van der Waals surface area contributed by atoms with E-state index >= 15 is 0 Å². The minimum Gasteiger partial charge on any atom is -0.391 e. The van der Waals surface area contributed by atoms with E-state index in [1.165, 1.54) is 0 Å². The molecule has 0 aliphatic carbocycles. The minimum atomic E-state index is -0.403. The Morgan fingerprint density at radius 2 is 2.20 bits per heavy atom. The molecule has 0 aromatic heterocycles. The quantitative estimate of drug-likeness (QED) is 0.745. The topological polar surface area (TPSA) is 66.6 Å². The number of hydrogen-bond donors (Lipinski definition) is 2. The zero-order chi connectivity index (χ0) is 10.7. The largest absolute Gasteiger partial charge is 0.391 e. The van der Waals surface area contributed by atoms with E-state index in [9.17, 15) is 9.90 Å². The Bertz CT molecular complexity index is 212. The van der Waals surface area contributed by atoms with E-state index in [4.69, 9.17) is 5.73 Å². The molecular formula is C10H21ClN2O2. The van der Waals surface area contributed by atoms with Gasteiger partial charge in [0, 0.05) is 13.1 Å². The Morgan fingerprint density at radius 1 is 1.60 bits per heavy atom. The molecular weight excluding hydrogens is 216 g/mol. The molecule has 0 spiro atoms. The zero-order valence-electron chi connectivity index (χ0n) is 9.35. The first kappa shape index (κ1) is 14.7. The van der Waals surface area contributed by atoms with Gasteiger partial charge in [-0.3, -0.25) is 4.79 Å². The van der Waals surface area contributed by atoms with E-state index in [0.29, 0.717) is 31.8 Å². The number of hydrogen-bond acceptors (Lipinski definition) is 3. The summed E-state index contributed by atoms with van der Waals surface area (Å²) in [5.41, 5.74) is 5.77. The molecule has 1 fully saturated rings. The predicted molar refractivity (Wildman–Crippen MR) is 61.9 cm³/mol. The summed E-state index contributed by atoms with van der Waals surface area (Å²) in [6.45, 7) is 5.19. The lowest BCUT2D eigenvalue weighted by atomic mass is 10.0. The third kappa shape index (κ3) is 4.36. The van der Waals surface area contributed by atoms with Crippen molar-refractivity contribution in [1.29, 1.82) is 0 Å². The fourth-order valence-electron chi connectivity index (χ4n) is 1.79. The number of aliphatic hydroxyl groups excluding tert-OH is 1. The van der Waals surface area contributed by atoms with E-state index in [2.05, 4.69) is 0 Å². The second-order valence-electron chi connectivity index (χ2n) is 4.46. The van der Waals surface area contributed by atoms with E-state index in [0.717, 1.165) is 0 Å². The average Bonchev–Trinajstić information content (AvgIpc) is 2.49. The van der Waals surface area contributed by atoms with E-state index in [1.54, 1.807) is 4.90 Å². The molecule has 0 saturated carbocycles. The van der Waals surface area contributed by atoms with Gasteiger partial charge in [0.15, 0.2) is 0 Å². The Kier molecular flexibility index (Phi) is 6.17. The molecule has 5 heteroatoms. The number of carbonyl (C=O) groups excluding carboxylic acids is 1.